The molecule has 5 rings (SSSR count). The fourth-order valence-corrected chi connectivity index (χ4v) is 4.15. The molecule has 6 nitrogen and oxygen atoms in total. The molecule has 3 aromatic rings. The minimum absolute atomic E-state index is 0.0410. The lowest BCUT2D eigenvalue weighted by atomic mass is 9.76. The second kappa shape index (κ2) is 6.41. The van der Waals surface area contributed by atoms with E-state index in [9.17, 15) is 0 Å². The van der Waals surface area contributed by atoms with Crippen LogP contribution in [0, 0.1) is 0 Å². The number of benzene rings is 2. The van der Waals surface area contributed by atoms with E-state index in [4.69, 9.17) is 28.1 Å². The maximum atomic E-state index is 5.63. The largest absolute Gasteiger partial charge is 0.493 e. The molecule has 0 unspecified atom stereocenters. The van der Waals surface area contributed by atoms with Crippen LogP contribution in [0.1, 0.15) is 33.7 Å². The third-order valence-corrected chi connectivity index (χ3v) is 5.43. The molecule has 1 aliphatic heterocycles. The second-order valence-electron chi connectivity index (χ2n) is 6.83. The van der Waals surface area contributed by atoms with E-state index in [2.05, 4.69) is 12.1 Å². The van der Waals surface area contributed by atoms with Gasteiger partial charge in [-0.2, -0.15) is 0 Å². The number of fused-ring (bicyclic) bond motifs is 3. The summed E-state index contributed by atoms with van der Waals surface area (Å²) < 4.78 is 33.4. The fraction of sp³-hybridized carbons (Fsp3) is 0.273. The molecule has 2 heterocycles. The van der Waals surface area contributed by atoms with Crippen molar-refractivity contribution in [3.63, 3.8) is 0 Å². The molecule has 0 radical (unpaired) electrons. The van der Waals surface area contributed by atoms with Crippen molar-refractivity contribution in [1.82, 2.24) is 0 Å². The molecule has 1 aliphatic carbocycles. The first-order valence-corrected chi connectivity index (χ1v) is 9.00. The van der Waals surface area contributed by atoms with Crippen LogP contribution in [0.15, 0.2) is 41.2 Å². The summed E-state index contributed by atoms with van der Waals surface area (Å²) in [5, 5.41) is 0. The van der Waals surface area contributed by atoms with Crippen LogP contribution in [0.2, 0.25) is 0 Å². The minimum Gasteiger partial charge on any atom is -0.493 e. The highest BCUT2D eigenvalue weighted by Crippen LogP contribution is 2.49. The van der Waals surface area contributed by atoms with E-state index in [1.165, 1.54) is 5.56 Å². The molecule has 0 saturated carbocycles. The quantitative estimate of drug-likeness (QED) is 0.531. The second-order valence-corrected chi connectivity index (χ2v) is 6.83. The van der Waals surface area contributed by atoms with Crippen LogP contribution < -0.4 is 23.7 Å². The Hall–Kier alpha value is -3.28. The van der Waals surface area contributed by atoms with E-state index in [0.717, 1.165) is 40.2 Å². The monoisotopic (exact) mass is 380 g/mol. The lowest BCUT2D eigenvalue weighted by Gasteiger charge is -2.27. The molecule has 0 bridgehead atoms. The van der Waals surface area contributed by atoms with Gasteiger partial charge in [-0.25, -0.2) is 0 Å². The predicted octanol–water partition coefficient (Wildman–Crippen LogP) is 4.12. The van der Waals surface area contributed by atoms with Crippen molar-refractivity contribution in [2.24, 2.45) is 0 Å². The van der Waals surface area contributed by atoms with Crippen LogP contribution in [0.3, 0.4) is 0 Å². The van der Waals surface area contributed by atoms with Crippen LogP contribution in [-0.2, 0) is 6.42 Å². The summed E-state index contributed by atoms with van der Waals surface area (Å²) in [6.07, 6.45) is 4.42. The molecular weight excluding hydrogens is 360 g/mol. The third kappa shape index (κ3) is 2.41. The van der Waals surface area contributed by atoms with Gasteiger partial charge < -0.3 is 28.1 Å². The molecule has 28 heavy (non-hydrogen) atoms. The first-order valence-electron chi connectivity index (χ1n) is 9.00. The van der Waals surface area contributed by atoms with Gasteiger partial charge in [0.2, 0.25) is 12.5 Å². The van der Waals surface area contributed by atoms with Gasteiger partial charge in [0.05, 0.1) is 33.9 Å². The zero-order valence-electron chi connectivity index (χ0n) is 15.9. The van der Waals surface area contributed by atoms with Crippen molar-refractivity contribution in [2.75, 3.05) is 28.1 Å². The summed E-state index contributed by atoms with van der Waals surface area (Å²) in [6, 6.07) is 8.12. The van der Waals surface area contributed by atoms with Gasteiger partial charge in [-0.15, -0.1) is 0 Å². The SMILES string of the molecule is COc1cc([C@H]2c3cocc3Cc3cc4c(cc32)OCO4)cc(OC)c1OC. The van der Waals surface area contributed by atoms with Crippen LogP contribution in [0.4, 0.5) is 0 Å². The van der Waals surface area contributed by atoms with Crippen molar-refractivity contribution in [1.29, 1.82) is 0 Å². The molecule has 0 spiro atoms. The number of hydrogen-bond donors (Lipinski definition) is 0. The fourth-order valence-electron chi connectivity index (χ4n) is 4.15. The van der Waals surface area contributed by atoms with Crippen molar-refractivity contribution in [3.8, 4) is 28.7 Å². The summed E-state index contributed by atoms with van der Waals surface area (Å²) in [5.41, 5.74) is 5.66. The van der Waals surface area contributed by atoms with Gasteiger partial charge in [0.25, 0.3) is 0 Å². The first kappa shape index (κ1) is 16.9. The zero-order chi connectivity index (χ0) is 19.3. The van der Waals surface area contributed by atoms with Crippen molar-refractivity contribution in [2.45, 2.75) is 12.3 Å². The molecule has 2 aromatic carbocycles. The van der Waals surface area contributed by atoms with E-state index < -0.39 is 0 Å². The minimum atomic E-state index is -0.0410. The summed E-state index contributed by atoms with van der Waals surface area (Å²) in [7, 11) is 4.85. The maximum Gasteiger partial charge on any atom is 0.231 e. The Bertz CT molecular complexity index is 1030. The molecule has 0 amide bonds. The third-order valence-electron chi connectivity index (χ3n) is 5.43. The summed E-state index contributed by atoms with van der Waals surface area (Å²) >= 11 is 0. The number of ether oxygens (including phenoxy) is 5. The summed E-state index contributed by atoms with van der Waals surface area (Å²) in [4.78, 5) is 0. The Kier molecular flexibility index (Phi) is 3.86. The number of hydrogen-bond acceptors (Lipinski definition) is 6. The molecule has 6 heteroatoms. The van der Waals surface area contributed by atoms with Gasteiger partial charge in [-0.1, -0.05) is 0 Å². The van der Waals surface area contributed by atoms with Gasteiger partial charge in [-0.3, -0.25) is 0 Å². The molecule has 1 atom stereocenters. The van der Waals surface area contributed by atoms with Gasteiger partial charge in [0.15, 0.2) is 23.0 Å². The number of rotatable bonds is 4. The van der Waals surface area contributed by atoms with E-state index in [-0.39, 0.29) is 12.7 Å². The topological polar surface area (TPSA) is 59.3 Å². The maximum absolute atomic E-state index is 5.63. The molecule has 0 saturated heterocycles. The zero-order valence-corrected chi connectivity index (χ0v) is 15.9. The number of methoxy groups -OCH3 is 3. The normalized spacial score (nSPS) is 16.3. The Morgan fingerprint density at radius 1 is 0.786 bits per heavy atom. The molecule has 0 N–H and O–H groups in total. The van der Waals surface area contributed by atoms with Crippen LogP contribution >= 0.6 is 0 Å². The van der Waals surface area contributed by atoms with E-state index in [1.54, 1.807) is 21.3 Å². The Labute approximate surface area is 162 Å². The highest BCUT2D eigenvalue weighted by Gasteiger charge is 2.32. The van der Waals surface area contributed by atoms with E-state index in [0.29, 0.717) is 17.2 Å². The Morgan fingerprint density at radius 2 is 1.50 bits per heavy atom. The summed E-state index contributed by atoms with van der Waals surface area (Å²) in [6.45, 7) is 0.252. The van der Waals surface area contributed by atoms with E-state index >= 15 is 0 Å². The smallest absolute Gasteiger partial charge is 0.231 e. The van der Waals surface area contributed by atoms with Crippen molar-refractivity contribution in [3.05, 3.63) is 64.6 Å². The van der Waals surface area contributed by atoms with Gasteiger partial charge in [0, 0.05) is 17.9 Å². The van der Waals surface area contributed by atoms with Gasteiger partial charge >= 0.3 is 0 Å². The van der Waals surface area contributed by atoms with Crippen LogP contribution in [-0.4, -0.2) is 28.1 Å². The van der Waals surface area contributed by atoms with Gasteiger partial charge in [0.1, 0.15) is 0 Å². The Balaban J connectivity index is 1.73. The van der Waals surface area contributed by atoms with Crippen molar-refractivity contribution < 1.29 is 28.1 Å². The predicted molar refractivity (Wildman–Crippen MR) is 101 cm³/mol. The molecule has 2 aliphatic rings. The lowest BCUT2D eigenvalue weighted by molar-refractivity contribution is 0.174. The average Bonchev–Trinajstić information content (AvgIpc) is 3.37. The lowest BCUT2D eigenvalue weighted by Crippen LogP contribution is -2.14. The first-order chi connectivity index (χ1) is 13.7. The molecule has 0 fully saturated rings. The van der Waals surface area contributed by atoms with E-state index in [1.807, 2.05) is 24.7 Å². The highest BCUT2D eigenvalue weighted by atomic mass is 16.7. The average molecular weight is 380 g/mol. The van der Waals surface area contributed by atoms with Crippen LogP contribution in [0.5, 0.6) is 28.7 Å². The summed E-state index contributed by atoms with van der Waals surface area (Å²) in [5.74, 6) is 3.32. The van der Waals surface area contributed by atoms with Gasteiger partial charge in [-0.05, 0) is 46.5 Å². The molecule has 1 aromatic heterocycles. The standard InChI is InChI=1S/C22H20O6/c1-23-19-6-13(7-20(24-2)22(19)25-3)21-15-8-18-17(27-11-28-18)5-12(15)4-14-9-26-10-16(14)21/h5-10,21H,4,11H2,1-3H3/t21-/m1/s1. The number of furan rings is 1. The molecule has 144 valence electrons. The van der Waals surface area contributed by atoms with Crippen LogP contribution in [0.25, 0.3) is 0 Å². The Morgan fingerprint density at radius 3 is 2.18 bits per heavy atom. The van der Waals surface area contributed by atoms with Crippen molar-refractivity contribution >= 4 is 0 Å². The highest BCUT2D eigenvalue weighted by molar-refractivity contribution is 5.62. The molecular formula is C22H20O6.